The minimum atomic E-state index is 0.819. The normalized spacial score (nSPS) is 12.1. The monoisotopic (exact) mass is 225 g/mol. The van der Waals surface area contributed by atoms with Gasteiger partial charge in [0, 0.05) is 0 Å². The molecular formula is C16H19N. The summed E-state index contributed by atoms with van der Waals surface area (Å²) >= 11 is 0. The Morgan fingerprint density at radius 2 is 1.82 bits per heavy atom. The molecule has 0 saturated heterocycles. The third-order valence-electron chi connectivity index (χ3n) is 2.95. The molecule has 3 rings (SSSR count). The molecule has 2 aromatic carbocycles. The van der Waals surface area contributed by atoms with Crippen molar-refractivity contribution in [2.75, 3.05) is 6.54 Å². The number of allylic oxidation sites excluding steroid dienone is 1. The van der Waals surface area contributed by atoms with Crippen LogP contribution in [0.3, 0.4) is 0 Å². The van der Waals surface area contributed by atoms with E-state index in [1.807, 2.05) is 0 Å². The number of hydrogen-bond donors (Lipinski definition) is 1. The van der Waals surface area contributed by atoms with Gasteiger partial charge in [-0.05, 0) is 41.3 Å². The molecule has 0 heterocycles. The van der Waals surface area contributed by atoms with Gasteiger partial charge in [-0.2, -0.15) is 0 Å². The van der Waals surface area contributed by atoms with E-state index < -0.39 is 0 Å². The molecule has 1 nitrogen and oxygen atoms in total. The molecular weight excluding hydrogens is 206 g/mol. The van der Waals surface area contributed by atoms with E-state index in [1.54, 1.807) is 0 Å². The molecule has 0 amide bonds. The predicted molar refractivity (Wildman–Crippen MR) is 76.0 cm³/mol. The van der Waals surface area contributed by atoms with E-state index in [4.69, 9.17) is 5.73 Å². The van der Waals surface area contributed by atoms with Crippen LogP contribution in [0.4, 0.5) is 0 Å². The van der Waals surface area contributed by atoms with Gasteiger partial charge in [-0.1, -0.05) is 55.5 Å². The third-order valence-corrected chi connectivity index (χ3v) is 2.95. The first-order chi connectivity index (χ1) is 8.36. The zero-order valence-electron chi connectivity index (χ0n) is 10.3. The maximum atomic E-state index is 5.03. The van der Waals surface area contributed by atoms with Crippen molar-refractivity contribution in [3.63, 3.8) is 0 Å². The number of benzene rings is 2. The lowest BCUT2D eigenvalue weighted by molar-refractivity contribution is 0.932. The molecule has 0 bridgehead atoms. The fourth-order valence-electron chi connectivity index (χ4n) is 2.07. The molecule has 1 aliphatic carbocycles. The molecule has 88 valence electrons. The summed E-state index contributed by atoms with van der Waals surface area (Å²) in [5.74, 6) is 0. The van der Waals surface area contributed by atoms with Gasteiger partial charge in [0.15, 0.2) is 0 Å². The third kappa shape index (κ3) is 2.56. The topological polar surface area (TPSA) is 26.0 Å². The summed E-state index contributed by atoms with van der Waals surface area (Å²) in [5, 5.41) is 2.80. The minimum absolute atomic E-state index is 0.819. The summed E-state index contributed by atoms with van der Waals surface area (Å²) in [6.07, 6.45) is 6.63. The average molecular weight is 225 g/mol. The summed E-state index contributed by atoms with van der Waals surface area (Å²) in [7, 11) is 0. The van der Waals surface area contributed by atoms with Gasteiger partial charge in [-0.15, -0.1) is 0 Å². The molecule has 1 heteroatoms. The molecule has 2 N–H and O–H groups in total. The van der Waals surface area contributed by atoms with Crippen LogP contribution in [-0.4, -0.2) is 6.54 Å². The highest BCUT2D eigenvalue weighted by Crippen LogP contribution is 2.27. The van der Waals surface area contributed by atoms with Gasteiger partial charge in [-0.25, -0.2) is 0 Å². The summed E-state index contributed by atoms with van der Waals surface area (Å²) in [5.41, 5.74) is 7.84. The lowest BCUT2D eigenvalue weighted by atomic mass is 9.93. The molecule has 2 aromatic rings. The van der Waals surface area contributed by atoms with Gasteiger partial charge >= 0.3 is 0 Å². The van der Waals surface area contributed by atoms with Crippen LogP contribution in [0.1, 0.15) is 24.5 Å². The van der Waals surface area contributed by atoms with Crippen LogP contribution in [0.2, 0.25) is 0 Å². The maximum Gasteiger partial charge on any atom is -0.00763 e. The Balaban J connectivity index is 0.000000239. The molecule has 0 atom stereocenters. The van der Waals surface area contributed by atoms with Crippen molar-refractivity contribution in [2.24, 2.45) is 5.73 Å². The van der Waals surface area contributed by atoms with Crippen molar-refractivity contribution in [2.45, 2.75) is 19.8 Å². The van der Waals surface area contributed by atoms with Gasteiger partial charge in [0.2, 0.25) is 0 Å². The Morgan fingerprint density at radius 1 is 1.12 bits per heavy atom. The van der Waals surface area contributed by atoms with Crippen molar-refractivity contribution in [1.29, 1.82) is 0 Å². The Labute approximate surface area is 103 Å². The molecule has 0 aromatic heterocycles. The van der Waals surface area contributed by atoms with E-state index in [-0.39, 0.29) is 0 Å². The quantitative estimate of drug-likeness (QED) is 0.785. The first kappa shape index (κ1) is 11.9. The number of nitrogens with two attached hydrogens (primary N) is 1. The standard InChI is InChI=1S/C13H10.C3H9N/c1-4-10-6-2-8-12-9-3-7-11(5-1)13(10)12;1-2-3-4/h1-8H,9H2;2-4H2,1H3. The smallest absolute Gasteiger partial charge is 0.00763 e. The Morgan fingerprint density at radius 3 is 2.53 bits per heavy atom. The van der Waals surface area contributed by atoms with Gasteiger partial charge in [-0.3, -0.25) is 0 Å². The SMILES string of the molecule is C1=Cc2cccc3cccc(c23)C1.CCCN. The first-order valence-corrected chi connectivity index (χ1v) is 6.24. The molecule has 1 aliphatic rings. The summed E-state index contributed by atoms with van der Waals surface area (Å²) in [6, 6.07) is 13.0. The van der Waals surface area contributed by atoms with Crippen LogP contribution < -0.4 is 5.73 Å². The zero-order chi connectivity index (χ0) is 12.1. The maximum absolute atomic E-state index is 5.03. The molecule has 0 radical (unpaired) electrons. The Hall–Kier alpha value is -1.60. The summed E-state index contributed by atoms with van der Waals surface area (Å²) < 4.78 is 0. The summed E-state index contributed by atoms with van der Waals surface area (Å²) in [4.78, 5) is 0. The fourth-order valence-corrected chi connectivity index (χ4v) is 2.07. The molecule has 0 aliphatic heterocycles. The first-order valence-electron chi connectivity index (χ1n) is 6.24. The Bertz CT molecular complexity index is 519. The van der Waals surface area contributed by atoms with E-state index in [0.717, 1.165) is 19.4 Å². The number of rotatable bonds is 1. The average Bonchev–Trinajstić information content (AvgIpc) is 2.40. The predicted octanol–water partition coefficient (Wildman–Crippen LogP) is 3.76. The zero-order valence-corrected chi connectivity index (χ0v) is 10.3. The minimum Gasteiger partial charge on any atom is -0.330 e. The van der Waals surface area contributed by atoms with E-state index in [0.29, 0.717) is 0 Å². The van der Waals surface area contributed by atoms with Gasteiger partial charge in [0.1, 0.15) is 0 Å². The molecule has 0 saturated carbocycles. The fraction of sp³-hybridized carbons (Fsp3) is 0.250. The molecule has 17 heavy (non-hydrogen) atoms. The van der Waals surface area contributed by atoms with Crippen molar-refractivity contribution in [3.05, 3.63) is 53.6 Å². The van der Waals surface area contributed by atoms with Gasteiger partial charge < -0.3 is 5.73 Å². The van der Waals surface area contributed by atoms with E-state index in [9.17, 15) is 0 Å². The number of hydrogen-bond acceptors (Lipinski definition) is 1. The van der Waals surface area contributed by atoms with Crippen molar-refractivity contribution in [1.82, 2.24) is 0 Å². The van der Waals surface area contributed by atoms with Crippen LogP contribution in [-0.2, 0) is 6.42 Å². The Kier molecular flexibility index (Phi) is 3.94. The van der Waals surface area contributed by atoms with Crippen LogP contribution in [0, 0.1) is 0 Å². The van der Waals surface area contributed by atoms with Crippen molar-refractivity contribution in [3.8, 4) is 0 Å². The second-order valence-corrected chi connectivity index (χ2v) is 4.26. The molecule has 0 spiro atoms. The van der Waals surface area contributed by atoms with Crippen molar-refractivity contribution < 1.29 is 0 Å². The summed E-state index contributed by atoms with van der Waals surface area (Å²) in [6.45, 7) is 2.88. The van der Waals surface area contributed by atoms with Gasteiger partial charge in [0.05, 0.1) is 0 Å². The van der Waals surface area contributed by atoms with Gasteiger partial charge in [0.25, 0.3) is 0 Å². The van der Waals surface area contributed by atoms with E-state index in [2.05, 4.69) is 55.5 Å². The highest BCUT2D eigenvalue weighted by Gasteiger charge is 2.06. The van der Waals surface area contributed by atoms with Crippen LogP contribution in [0.25, 0.3) is 16.8 Å². The lowest BCUT2D eigenvalue weighted by Gasteiger charge is -2.11. The molecule has 0 fully saturated rings. The van der Waals surface area contributed by atoms with Crippen LogP contribution in [0.15, 0.2) is 42.5 Å². The lowest BCUT2D eigenvalue weighted by Crippen LogP contribution is -1.93. The highest BCUT2D eigenvalue weighted by molar-refractivity contribution is 5.94. The highest BCUT2D eigenvalue weighted by atomic mass is 14.5. The second kappa shape index (κ2) is 5.65. The van der Waals surface area contributed by atoms with E-state index in [1.165, 1.54) is 21.9 Å². The molecule has 0 unspecified atom stereocenters. The van der Waals surface area contributed by atoms with Crippen LogP contribution in [0.5, 0.6) is 0 Å². The second-order valence-electron chi connectivity index (χ2n) is 4.26. The largest absolute Gasteiger partial charge is 0.330 e. The van der Waals surface area contributed by atoms with Crippen LogP contribution >= 0.6 is 0 Å². The van der Waals surface area contributed by atoms with Crippen molar-refractivity contribution >= 4 is 16.8 Å². The van der Waals surface area contributed by atoms with E-state index >= 15 is 0 Å².